The third kappa shape index (κ3) is 3.05. The Balaban J connectivity index is 1.41. The molecule has 28 heavy (non-hydrogen) atoms. The van der Waals surface area contributed by atoms with Crippen molar-refractivity contribution in [2.24, 2.45) is 0 Å². The number of aliphatic hydroxyl groups excluding tert-OH is 1. The van der Waals surface area contributed by atoms with Gasteiger partial charge in [0.1, 0.15) is 23.6 Å². The molecule has 5 rings (SSSR count). The summed E-state index contributed by atoms with van der Waals surface area (Å²) in [6.07, 6.45) is 7.14. The maximum absolute atomic E-state index is 9.76. The van der Waals surface area contributed by atoms with Gasteiger partial charge in [0, 0.05) is 19.2 Å². The van der Waals surface area contributed by atoms with Crippen molar-refractivity contribution in [1.82, 2.24) is 9.97 Å². The molecule has 3 aliphatic heterocycles. The van der Waals surface area contributed by atoms with Crippen molar-refractivity contribution in [1.29, 1.82) is 0 Å². The molecule has 0 amide bonds. The molecule has 0 radical (unpaired) electrons. The first-order valence-corrected chi connectivity index (χ1v) is 10.5. The van der Waals surface area contributed by atoms with Gasteiger partial charge in [-0.3, -0.25) is 0 Å². The molecule has 2 fully saturated rings. The zero-order valence-corrected chi connectivity index (χ0v) is 16.3. The number of nitrogens with zero attached hydrogens (tertiary/aromatic N) is 4. The number of hydrogen-bond donors (Lipinski definition) is 1. The number of fused-ring (bicyclic) bond motifs is 2. The second-order valence-electron chi connectivity index (χ2n) is 8.23. The fourth-order valence-corrected chi connectivity index (χ4v) is 5.10. The zero-order valence-electron chi connectivity index (χ0n) is 16.3. The number of rotatable bonds is 3. The Bertz CT molecular complexity index is 841. The summed E-state index contributed by atoms with van der Waals surface area (Å²) in [4.78, 5) is 13.7. The summed E-state index contributed by atoms with van der Waals surface area (Å²) in [6, 6.07) is 10.9. The summed E-state index contributed by atoms with van der Waals surface area (Å²) in [5.74, 6) is 1.88. The van der Waals surface area contributed by atoms with E-state index in [-0.39, 0.29) is 18.2 Å². The van der Waals surface area contributed by atoms with Gasteiger partial charge in [0.2, 0.25) is 0 Å². The first kappa shape index (κ1) is 17.9. The topological polar surface area (TPSA) is 61.7 Å². The van der Waals surface area contributed by atoms with Crippen LogP contribution >= 0.6 is 0 Å². The predicted octanol–water partition coefficient (Wildman–Crippen LogP) is 2.85. The third-order valence-corrected chi connectivity index (χ3v) is 6.56. The first-order chi connectivity index (χ1) is 13.8. The van der Waals surface area contributed by atoms with E-state index in [9.17, 15) is 5.11 Å². The fourth-order valence-electron chi connectivity index (χ4n) is 5.10. The minimum absolute atomic E-state index is 0.161. The van der Waals surface area contributed by atoms with E-state index < -0.39 is 0 Å². The minimum Gasteiger partial charge on any atom is -0.394 e. The van der Waals surface area contributed by atoms with Crippen LogP contribution in [0, 0.1) is 0 Å². The highest BCUT2D eigenvalue weighted by Crippen LogP contribution is 2.43. The highest BCUT2D eigenvalue weighted by Gasteiger charge is 2.43. The fraction of sp³-hybridized carbons (Fsp3) is 0.545. The lowest BCUT2D eigenvalue weighted by Crippen LogP contribution is -2.46. The van der Waals surface area contributed by atoms with Crippen LogP contribution in [0.25, 0.3) is 0 Å². The van der Waals surface area contributed by atoms with E-state index in [1.54, 1.807) is 6.33 Å². The lowest BCUT2D eigenvalue weighted by molar-refractivity contribution is -0.0471. The molecule has 0 saturated carbocycles. The van der Waals surface area contributed by atoms with E-state index in [1.165, 1.54) is 17.5 Å². The molecule has 3 aliphatic rings. The van der Waals surface area contributed by atoms with Gasteiger partial charge in [-0.25, -0.2) is 9.97 Å². The summed E-state index contributed by atoms with van der Waals surface area (Å²) < 4.78 is 6.36. The Morgan fingerprint density at radius 2 is 2.00 bits per heavy atom. The van der Waals surface area contributed by atoms with Crippen molar-refractivity contribution in [3.8, 4) is 0 Å². The van der Waals surface area contributed by atoms with Gasteiger partial charge in [0.25, 0.3) is 0 Å². The monoisotopic (exact) mass is 380 g/mol. The van der Waals surface area contributed by atoms with Gasteiger partial charge in [0.05, 0.1) is 25.8 Å². The lowest BCUT2D eigenvalue weighted by atomic mass is 9.85. The van der Waals surface area contributed by atoms with Crippen LogP contribution in [0.4, 0.5) is 11.6 Å². The van der Waals surface area contributed by atoms with Crippen molar-refractivity contribution in [3.05, 3.63) is 47.8 Å². The summed E-state index contributed by atoms with van der Waals surface area (Å²) in [5, 5.41) is 9.76. The molecule has 6 nitrogen and oxygen atoms in total. The number of benzene rings is 1. The largest absolute Gasteiger partial charge is 0.394 e. The molecule has 0 aliphatic carbocycles. The van der Waals surface area contributed by atoms with Crippen molar-refractivity contribution in [3.63, 3.8) is 0 Å². The van der Waals surface area contributed by atoms with E-state index in [0.29, 0.717) is 6.61 Å². The maximum atomic E-state index is 9.76. The molecule has 1 aromatic carbocycles. The van der Waals surface area contributed by atoms with Crippen LogP contribution in [0.15, 0.2) is 36.7 Å². The van der Waals surface area contributed by atoms with Gasteiger partial charge in [-0.15, -0.1) is 0 Å². The van der Waals surface area contributed by atoms with Crippen molar-refractivity contribution in [2.45, 2.75) is 50.4 Å². The number of hydrogen-bond acceptors (Lipinski definition) is 6. The second-order valence-corrected chi connectivity index (χ2v) is 8.23. The van der Waals surface area contributed by atoms with Gasteiger partial charge < -0.3 is 19.6 Å². The van der Waals surface area contributed by atoms with Gasteiger partial charge in [0.15, 0.2) is 0 Å². The van der Waals surface area contributed by atoms with Crippen LogP contribution < -0.4 is 9.80 Å². The molecule has 2 atom stereocenters. The number of aliphatic hydroxyl groups is 1. The predicted molar refractivity (Wildman–Crippen MR) is 108 cm³/mol. The lowest BCUT2D eigenvalue weighted by Gasteiger charge is -2.41. The molecule has 2 unspecified atom stereocenters. The molecule has 0 bridgehead atoms. The maximum Gasteiger partial charge on any atom is 0.134 e. The van der Waals surface area contributed by atoms with Gasteiger partial charge >= 0.3 is 0 Å². The summed E-state index contributed by atoms with van der Waals surface area (Å²) >= 11 is 0. The molecule has 1 aromatic heterocycles. The number of ether oxygens (including phenoxy) is 1. The van der Waals surface area contributed by atoms with E-state index in [2.05, 4.69) is 50.1 Å². The molecular weight excluding hydrogens is 352 g/mol. The quantitative estimate of drug-likeness (QED) is 0.884. The average molecular weight is 380 g/mol. The number of aromatic nitrogens is 2. The van der Waals surface area contributed by atoms with E-state index in [4.69, 9.17) is 4.74 Å². The Morgan fingerprint density at radius 3 is 2.93 bits per heavy atom. The Labute approximate surface area is 166 Å². The molecule has 1 spiro atoms. The minimum atomic E-state index is -0.223. The van der Waals surface area contributed by atoms with Gasteiger partial charge in [-0.05, 0) is 43.2 Å². The summed E-state index contributed by atoms with van der Waals surface area (Å²) in [7, 11) is 0. The highest BCUT2D eigenvalue weighted by molar-refractivity contribution is 5.52. The number of piperidine rings is 2. The summed E-state index contributed by atoms with van der Waals surface area (Å²) in [5.41, 5.74) is 2.43. The smallest absolute Gasteiger partial charge is 0.134 e. The average Bonchev–Trinajstić information content (AvgIpc) is 3.12. The number of anilines is 2. The SMILES string of the molecule is OCC1CCCCN1c1cc(N2CCCC3(C2)OCc2ccccc23)ncn1. The Hall–Kier alpha value is -2.18. The van der Waals surface area contributed by atoms with Crippen molar-refractivity contribution < 1.29 is 9.84 Å². The van der Waals surface area contributed by atoms with Gasteiger partial charge in [-0.2, -0.15) is 0 Å². The van der Waals surface area contributed by atoms with E-state index >= 15 is 0 Å². The molecule has 2 aromatic rings. The molecule has 1 N–H and O–H groups in total. The molecule has 148 valence electrons. The van der Waals surface area contributed by atoms with Crippen LogP contribution in [0.5, 0.6) is 0 Å². The van der Waals surface area contributed by atoms with E-state index in [0.717, 1.165) is 57.0 Å². The molecule has 6 heteroatoms. The normalized spacial score (nSPS) is 27.2. The van der Waals surface area contributed by atoms with E-state index in [1.807, 2.05) is 0 Å². The van der Waals surface area contributed by atoms with Crippen LogP contribution in [-0.2, 0) is 16.9 Å². The van der Waals surface area contributed by atoms with Crippen molar-refractivity contribution >= 4 is 11.6 Å². The Kier molecular flexibility index (Phi) is 4.69. The highest BCUT2D eigenvalue weighted by atomic mass is 16.5. The Morgan fingerprint density at radius 1 is 1.11 bits per heavy atom. The standard InChI is InChI=1S/C22H28N4O2/c27-13-18-7-3-4-11-26(18)21-12-20(23-16-24-21)25-10-5-9-22(15-25)19-8-2-1-6-17(19)14-28-22/h1-2,6,8,12,16,18,27H,3-5,7,9-11,13-15H2. The van der Waals surface area contributed by atoms with Crippen molar-refractivity contribution in [2.75, 3.05) is 36.0 Å². The second kappa shape index (κ2) is 7.33. The van der Waals surface area contributed by atoms with Gasteiger partial charge in [-0.1, -0.05) is 24.3 Å². The molecular formula is C22H28N4O2. The van der Waals surface area contributed by atoms with Crippen LogP contribution in [-0.4, -0.2) is 47.4 Å². The zero-order chi connectivity index (χ0) is 19.0. The molecule has 2 saturated heterocycles. The third-order valence-electron chi connectivity index (χ3n) is 6.56. The van der Waals surface area contributed by atoms with Crippen LogP contribution in [0.3, 0.4) is 0 Å². The van der Waals surface area contributed by atoms with Crippen LogP contribution in [0.2, 0.25) is 0 Å². The van der Waals surface area contributed by atoms with Crippen LogP contribution in [0.1, 0.15) is 43.2 Å². The first-order valence-electron chi connectivity index (χ1n) is 10.5. The summed E-state index contributed by atoms with van der Waals surface area (Å²) in [6.45, 7) is 3.63. The molecule has 4 heterocycles.